The van der Waals surface area contributed by atoms with Crippen LogP contribution in [0, 0.1) is 3.57 Å². The van der Waals surface area contributed by atoms with Crippen LogP contribution in [0.5, 0.6) is 23.0 Å². The molecule has 0 unspecified atom stereocenters. The molecule has 1 aliphatic rings. The second-order valence-electron chi connectivity index (χ2n) is 9.84. The van der Waals surface area contributed by atoms with E-state index in [2.05, 4.69) is 43.8 Å². The van der Waals surface area contributed by atoms with Gasteiger partial charge in [-0.3, -0.25) is 4.79 Å². The molecule has 15 heteroatoms. The van der Waals surface area contributed by atoms with E-state index in [1.54, 1.807) is 49.4 Å². The van der Waals surface area contributed by atoms with Crippen molar-refractivity contribution in [3.63, 3.8) is 0 Å². The average molecular weight is 797 g/mol. The molecule has 0 aromatic heterocycles. The number of hydrogen-bond donors (Lipinski definition) is 3. The Bertz CT molecular complexity index is 1730. The summed E-state index contributed by atoms with van der Waals surface area (Å²) in [5.74, 6) is 0.482. The van der Waals surface area contributed by atoms with Gasteiger partial charge in [0.1, 0.15) is 6.61 Å². The first-order valence-electron chi connectivity index (χ1n) is 14.1. The summed E-state index contributed by atoms with van der Waals surface area (Å²) in [6.45, 7) is 3.72. The highest BCUT2D eigenvalue weighted by Gasteiger charge is 2.32. The van der Waals surface area contributed by atoms with Gasteiger partial charge in [-0.1, -0.05) is 35.3 Å². The molecular formula is C32H31Cl2IN4O8. The molecule has 0 saturated heterocycles. The van der Waals surface area contributed by atoms with E-state index in [4.69, 9.17) is 46.9 Å². The molecule has 3 amide bonds. The molecule has 0 aliphatic carbocycles. The summed E-state index contributed by atoms with van der Waals surface area (Å²) in [5.41, 5.74) is 5.02. The molecule has 0 fully saturated rings. The fourth-order valence-corrected chi connectivity index (χ4v) is 5.76. The molecule has 47 heavy (non-hydrogen) atoms. The Kier molecular flexibility index (Phi) is 12.6. The molecule has 1 aliphatic heterocycles. The molecule has 3 aromatic carbocycles. The van der Waals surface area contributed by atoms with Crippen LogP contribution in [0.1, 0.15) is 36.6 Å². The molecule has 1 atom stereocenters. The van der Waals surface area contributed by atoms with Crippen LogP contribution in [0.15, 0.2) is 64.9 Å². The van der Waals surface area contributed by atoms with E-state index in [9.17, 15) is 14.4 Å². The van der Waals surface area contributed by atoms with Crippen LogP contribution in [-0.2, 0) is 20.9 Å². The lowest BCUT2D eigenvalue weighted by atomic mass is 9.95. The predicted molar refractivity (Wildman–Crippen MR) is 184 cm³/mol. The SMILES string of the molecule is CCOc1cc(/C=N\NC(=O)COc2ccc([C@H]3NC(=O)NC(C)=C3C(=O)OC)cc2OC)cc(I)c1OCc1ccc(Cl)cc1Cl. The molecule has 4 rings (SSSR count). The Morgan fingerprint density at radius 3 is 2.51 bits per heavy atom. The van der Waals surface area contributed by atoms with Gasteiger partial charge < -0.3 is 34.3 Å². The number of nitrogens with one attached hydrogen (secondary N) is 3. The maximum atomic E-state index is 12.5. The van der Waals surface area contributed by atoms with E-state index in [-0.39, 0.29) is 30.3 Å². The van der Waals surface area contributed by atoms with Crippen molar-refractivity contribution in [2.24, 2.45) is 5.10 Å². The lowest BCUT2D eigenvalue weighted by molar-refractivity contribution is -0.136. The van der Waals surface area contributed by atoms with E-state index < -0.39 is 23.9 Å². The third-order valence-electron chi connectivity index (χ3n) is 6.68. The quantitative estimate of drug-likeness (QED) is 0.0838. The number of halogens is 3. The first kappa shape index (κ1) is 35.6. The molecule has 1 heterocycles. The molecule has 3 N–H and O–H groups in total. The monoisotopic (exact) mass is 796 g/mol. The zero-order chi connectivity index (χ0) is 34.1. The van der Waals surface area contributed by atoms with Crippen LogP contribution in [0.3, 0.4) is 0 Å². The minimum atomic E-state index is -0.786. The minimum Gasteiger partial charge on any atom is -0.493 e. The van der Waals surface area contributed by atoms with E-state index in [1.165, 1.54) is 20.4 Å². The van der Waals surface area contributed by atoms with Gasteiger partial charge in [0.25, 0.3) is 5.91 Å². The fourth-order valence-electron chi connectivity index (χ4n) is 4.52. The molecule has 3 aromatic rings. The number of carbonyl (C=O) groups is 3. The zero-order valence-electron chi connectivity index (χ0n) is 25.7. The summed E-state index contributed by atoms with van der Waals surface area (Å²) in [5, 5.41) is 10.4. The lowest BCUT2D eigenvalue weighted by Gasteiger charge is -2.28. The second kappa shape index (κ2) is 16.6. The molecule has 0 bridgehead atoms. The predicted octanol–water partition coefficient (Wildman–Crippen LogP) is 5.91. The van der Waals surface area contributed by atoms with Gasteiger partial charge in [0.05, 0.1) is 42.2 Å². The Morgan fingerprint density at radius 1 is 1.02 bits per heavy atom. The first-order valence-corrected chi connectivity index (χ1v) is 15.9. The number of amides is 3. The number of rotatable bonds is 13. The van der Waals surface area contributed by atoms with Crippen LogP contribution >= 0.6 is 45.8 Å². The Morgan fingerprint density at radius 2 is 1.81 bits per heavy atom. The van der Waals surface area contributed by atoms with Crippen molar-refractivity contribution >= 4 is 69.9 Å². The number of methoxy groups -OCH3 is 2. The normalized spacial score (nSPS) is 14.3. The lowest BCUT2D eigenvalue weighted by Crippen LogP contribution is -2.45. The third-order valence-corrected chi connectivity index (χ3v) is 8.06. The zero-order valence-corrected chi connectivity index (χ0v) is 29.4. The van der Waals surface area contributed by atoms with Gasteiger partial charge in [-0.05, 0) is 84.0 Å². The van der Waals surface area contributed by atoms with Crippen molar-refractivity contribution in [3.8, 4) is 23.0 Å². The number of urea groups is 1. The Labute approximate surface area is 294 Å². The highest BCUT2D eigenvalue weighted by Crippen LogP contribution is 2.36. The number of carbonyl (C=O) groups excluding carboxylic acids is 3. The van der Waals surface area contributed by atoms with Crippen LogP contribution in [0.4, 0.5) is 4.79 Å². The highest BCUT2D eigenvalue weighted by molar-refractivity contribution is 14.1. The molecule has 0 radical (unpaired) electrons. The first-order chi connectivity index (χ1) is 22.5. The average Bonchev–Trinajstić information content (AvgIpc) is 3.03. The van der Waals surface area contributed by atoms with Crippen molar-refractivity contribution in [3.05, 3.63) is 90.1 Å². The third kappa shape index (κ3) is 9.20. The number of ether oxygens (including phenoxy) is 5. The van der Waals surface area contributed by atoms with Crippen molar-refractivity contribution in [1.29, 1.82) is 0 Å². The van der Waals surface area contributed by atoms with Crippen LogP contribution in [0.25, 0.3) is 0 Å². The smallest absolute Gasteiger partial charge is 0.337 e. The maximum Gasteiger partial charge on any atom is 0.337 e. The van der Waals surface area contributed by atoms with Gasteiger partial charge in [0.15, 0.2) is 29.6 Å². The largest absolute Gasteiger partial charge is 0.493 e. The van der Waals surface area contributed by atoms with Gasteiger partial charge in [0, 0.05) is 21.3 Å². The minimum absolute atomic E-state index is 0.211. The van der Waals surface area contributed by atoms with Crippen LogP contribution < -0.4 is 35.0 Å². The van der Waals surface area contributed by atoms with Crippen LogP contribution in [0.2, 0.25) is 10.0 Å². The van der Waals surface area contributed by atoms with Gasteiger partial charge in [-0.15, -0.1) is 0 Å². The molecule has 0 saturated carbocycles. The number of hydrazone groups is 1. The topological polar surface area (TPSA) is 146 Å². The maximum absolute atomic E-state index is 12.5. The van der Waals surface area contributed by atoms with Crippen molar-refractivity contribution in [2.75, 3.05) is 27.4 Å². The Hall–Kier alpha value is -4.21. The van der Waals surface area contributed by atoms with Gasteiger partial charge in [0.2, 0.25) is 0 Å². The number of esters is 1. The van der Waals surface area contributed by atoms with E-state index in [0.717, 1.165) is 9.13 Å². The number of hydrogen-bond acceptors (Lipinski definition) is 9. The summed E-state index contributed by atoms with van der Waals surface area (Å²) >= 11 is 14.4. The van der Waals surface area contributed by atoms with Crippen molar-refractivity contribution < 1.29 is 38.1 Å². The standard InChI is InChI=1S/C32H31Cl2IN4O8/c1-5-45-26-11-18(10-23(35)30(26)47-15-20-6-8-21(33)13-22(20)34)14-36-39-27(40)16-46-24-9-7-19(12-25(24)43-3)29-28(31(41)44-4)17(2)37-32(42)38-29/h6-14,29H,5,15-16H2,1-4H3,(H,39,40)(H2,37,38,42)/b36-14-/t29-/m1/s1. The summed E-state index contributed by atoms with van der Waals surface area (Å²) in [6.07, 6.45) is 1.47. The second-order valence-corrected chi connectivity index (χ2v) is 11.8. The summed E-state index contributed by atoms with van der Waals surface area (Å²) in [4.78, 5) is 37.1. The van der Waals surface area contributed by atoms with E-state index >= 15 is 0 Å². The summed E-state index contributed by atoms with van der Waals surface area (Å²) < 4.78 is 28.6. The van der Waals surface area contributed by atoms with Gasteiger partial charge in [-0.2, -0.15) is 5.10 Å². The highest BCUT2D eigenvalue weighted by atomic mass is 127. The van der Waals surface area contributed by atoms with Gasteiger partial charge in [-0.25, -0.2) is 15.0 Å². The number of allylic oxidation sites excluding steroid dienone is 1. The van der Waals surface area contributed by atoms with Crippen molar-refractivity contribution in [1.82, 2.24) is 16.1 Å². The van der Waals surface area contributed by atoms with E-state index in [0.29, 0.717) is 45.0 Å². The molecule has 0 spiro atoms. The molecule has 248 valence electrons. The molecule has 12 nitrogen and oxygen atoms in total. The number of nitrogens with zero attached hydrogens (tertiary/aromatic N) is 1. The van der Waals surface area contributed by atoms with Crippen LogP contribution in [-0.4, -0.2) is 51.6 Å². The van der Waals surface area contributed by atoms with Crippen molar-refractivity contribution in [2.45, 2.75) is 26.5 Å². The number of benzene rings is 3. The Balaban J connectivity index is 1.39. The molecular weight excluding hydrogens is 766 g/mol. The summed E-state index contributed by atoms with van der Waals surface area (Å²) in [7, 11) is 2.69. The van der Waals surface area contributed by atoms with Gasteiger partial charge >= 0.3 is 12.0 Å². The van der Waals surface area contributed by atoms with E-state index in [1.807, 2.05) is 13.0 Å². The fraction of sp³-hybridized carbons (Fsp3) is 0.250. The summed E-state index contributed by atoms with van der Waals surface area (Å²) in [6, 6.07) is 12.3.